The molecule has 0 aromatic carbocycles. The third-order valence-corrected chi connectivity index (χ3v) is 2.38. The van der Waals surface area contributed by atoms with Gasteiger partial charge in [-0.25, -0.2) is 0 Å². The summed E-state index contributed by atoms with van der Waals surface area (Å²) in [5.74, 6) is 0.285. The van der Waals surface area contributed by atoms with Gasteiger partial charge >= 0.3 is 0 Å². The number of hydrogen-bond donors (Lipinski definition) is 3. The molecule has 0 heterocycles. The fourth-order valence-corrected chi connectivity index (χ4v) is 1.16. The van der Waals surface area contributed by atoms with Crippen LogP contribution in [-0.4, -0.2) is 34.0 Å². The molecule has 0 bridgehead atoms. The predicted octanol–water partition coefficient (Wildman–Crippen LogP) is 0.0331. The topological polar surface area (TPSA) is 106 Å². The van der Waals surface area contributed by atoms with Crippen molar-refractivity contribution in [2.45, 2.75) is 26.3 Å². The molecule has 5 nitrogen and oxygen atoms in total. The summed E-state index contributed by atoms with van der Waals surface area (Å²) in [6, 6.07) is 0. The van der Waals surface area contributed by atoms with Crippen LogP contribution in [0, 0.1) is 0 Å². The second kappa shape index (κ2) is 7.64. The minimum atomic E-state index is -0.847. The number of hydrogen-bond acceptors (Lipinski definition) is 4. The molecule has 14 heavy (non-hydrogen) atoms. The van der Waals surface area contributed by atoms with Crippen molar-refractivity contribution < 1.29 is 14.7 Å². The van der Waals surface area contributed by atoms with E-state index < -0.39 is 17.4 Å². The Labute approximate surface area is 88.2 Å². The fraction of sp³-hybridized carbons (Fsp3) is 0.750. The van der Waals surface area contributed by atoms with Gasteiger partial charge in [0.05, 0.1) is 0 Å². The smallest absolute Gasteiger partial charge is 0.300 e. The van der Waals surface area contributed by atoms with Gasteiger partial charge in [0, 0.05) is 12.7 Å². The van der Waals surface area contributed by atoms with E-state index in [1.165, 1.54) is 0 Å². The summed E-state index contributed by atoms with van der Waals surface area (Å²) in [5.41, 5.74) is 9.74. The molecule has 0 unspecified atom stereocenters. The molecule has 1 amide bonds. The number of thioether (sulfide) groups is 1. The van der Waals surface area contributed by atoms with Gasteiger partial charge in [-0.1, -0.05) is 6.92 Å². The standard InChI is InChI=1S/C6H14N2OS.C2H4O2/c1-3-10-4-6(2,8)5(7)9;1-2(3)4/h3-4,8H2,1-2H3,(H2,7,9);1H3,(H,3,4)/t6-;/m0./s1. The van der Waals surface area contributed by atoms with E-state index >= 15 is 0 Å². The van der Waals surface area contributed by atoms with Crippen molar-refractivity contribution >= 4 is 23.6 Å². The van der Waals surface area contributed by atoms with E-state index in [0.717, 1.165) is 12.7 Å². The Kier molecular flexibility index (Phi) is 8.57. The largest absolute Gasteiger partial charge is 0.481 e. The van der Waals surface area contributed by atoms with Crippen molar-refractivity contribution in [3.63, 3.8) is 0 Å². The third-order valence-electron chi connectivity index (χ3n) is 1.17. The van der Waals surface area contributed by atoms with Crippen molar-refractivity contribution in [2.75, 3.05) is 11.5 Å². The highest BCUT2D eigenvalue weighted by atomic mass is 32.2. The lowest BCUT2D eigenvalue weighted by atomic mass is 10.1. The molecular weight excluding hydrogens is 204 g/mol. The maximum absolute atomic E-state index is 10.6. The minimum absolute atomic E-state index is 0.437. The van der Waals surface area contributed by atoms with Gasteiger partial charge in [-0.3, -0.25) is 9.59 Å². The number of carbonyl (C=O) groups excluding carboxylic acids is 1. The van der Waals surface area contributed by atoms with Gasteiger partial charge in [-0.15, -0.1) is 0 Å². The molecule has 1 atom stereocenters. The molecule has 84 valence electrons. The van der Waals surface area contributed by atoms with Gasteiger partial charge in [0.2, 0.25) is 5.91 Å². The first-order valence-corrected chi connectivity index (χ1v) is 5.25. The van der Waals surface area contributed by atoms with Crippen molar-refractivity contribution in [2.24, 2.45) is 11.5 Å². The zero-order valence-corrected chi connectivity index (χ0v) is 9.56. The summed E-state index contributed by atoms with van der Waals surface area (Å²) in [6.07, 6.45) is 0. The molecule has 0 saturated heterocycles. The summed E-state index contributed by atoms with van der Waals surface area (Å²) in [6.45, 7) is 4.75. The zero-order chi connectivity index (χ0) is 11.8. The van der Waals surface area contributed by atoms with Crippen LogP contribution in [0.3, 0.4) is 0 Å². The van der Waals surface area contributed by atoms with Crippen LogP contribution >= 0.6 is 11.8 Å². The molecule has 0 aromatic rings. The number of rotatable bonds is 4. The molecule has 6 heteroatoms. The van der Waals surface area contributed by atoms with E-state index in [1.54, 1.807) is 18.7 Å². The molecule has 0 radical (unpaired) electrons. The molecule has 0 spiro atoms. The number of carbonyl (C=O) groups is 2. The number of carboxylic acid groups (broad SMARTS) is 1. The summed E-state index contributed by atoms with van der Waals surface area (Å²) in [7, 11) is 0. The lowest BCUT2D eigenvalue weighted by Crippen LogP contribution is -2.51. The van der Waals surface area contributed by atoms with Crippen LogP contribution in [0.15, 0.2) is 0 Å². The van der Waals surface area contributed by atoms with Crippen molar-refractivity contribution in [1.29, 1.82) is 0 Å². The van der Waals surface area contributed by atoms with E-state index in [0.29, 0.717) is 5.75 Å². The average Bonchev–Trinajstić information content (AvgIpc) is 1.99. The monoisotopic (exact) mass is 222 g/mol. The second-order valence-electron chi connectivity index (χ2n) is 2.94. The Bertz CT molecular complexity index is 191. The highest BCUT2D eigenvalue weighted by Gasteiger charge is 2.24. The first-order valence-electron chi connectivity index (χ1n) is 4.10. The molecule has 0 rings (SSSR count). The van der Waals surface area contributed by atoms with Crippen molar-refractivity contribution in [3.05, 3.63) is 0 Å². The second-order valence-corrected chi connectivity index (χ2v) is 4.21. The molecule has 5 N–H and O–H groups in total. The maximum Gasteiger partial charge on any atom is 0.300 e. The SMILES string of the molecule is CC(=O)O.CCSC[C@](C)(N)C(N)=O. The van der Waals surface area contributed by atoms with Gasteiger partial charge in [-0.2, -0.15) is 11.8 Å². The Morgan fingerprint density at radius 2 is 1.86 bits per heavy atom. The van der Waals surface area contributed by atoms with Gasteiger partial charge in [-0.05, 0) is 12.7 Å². The van der Waals surface area contributed by atoms with Crippen molar-refractivity contribution in [1.82, 2.24) is 0 Å². The Hall–Kier alpha value is -0.750. The first-order chi connectivity index (χ1) is 6.24. The Balaban J connectivity index is 0. The molecule has 0 aliphatic carbocycles. The number of nitrogens with two attached hydrogens (primary N) is 2. The van der Waals surface area contributed by atoms with Crippen LogP contribution in [0.4, 0.5) is 0 Å². The third kappa shape index (κ3) is 11.2. The lowest BCUT2D eigenvalue weighted by molar-refractivity contribution is -0.134. The molecule has 0 aliphatic rings. The van der Waals surface area contributed by atoms with Gasteiger partial charge in [0.25, 0.3) is 5.97 Å². The Morgan fingerprint density at radius 1 is 1.50 bits per heavy atom. The summed E-state index contributed by atoms with van der Waals surface area (Å²) in [4.78, 5) is 19.6. The Morgan fingerprint density at radius 3 is 2.07 bits per heavy atom. The summed E-state index contributed by atoms with van der Waals surface area (Å²) >= 11 is 1.62. The molecule has 0 saturated carbocycles. The number of amides is 1. The maximum atomic E-state index is 10.6. The average molecular weight is 222 g/mol. The predicted molar refractivity (Wildman–Crippen MR) is 58.1 cm³/mol. The van der Waals surface area contributed by atoms with Gasteiger partial charge in [0.1, 0.15) is 5.54 Å². The number of primary amides is 1. The molecule has 0 aromatic heterocycles. The van der Waals surface area contributed by atoms with Crippen LogP contribution in [0.1, 0.15) is 20.8 Å². The highest BCUT2D eigenvalue weighted by Crippen LogP contribution is 2.08. The van der Waals surface area contributed by atoms with Crippen LogP contribution < -0.4 is 11.5 Å². The van der Waals surface area contributed by atoms with Crippen LogP contribution in [0.5, 0.6) is 0 Å². The molecular formula is C8H18N2O3S. The van der Waals surface area contributed by atoms with E-state index in [1.807, 2.05) is 6.92 Å². The highest BCUT2D eigenvalue weighted by molar-refractivity contribution is 7.99. The van der Waals surface area contributed by atoms with Crippen LogP contribution in [-0.2, 0) is 9.59 Å². The first kappa shape index (κ1) is 15.7. The number of aliphatic carboxylic acids is 1. The zero-order valence-electron chi connectivity index (χ0n) is 8.74. The molecule has 0 aliphatic heterocycles. The minimum Gasteiger partial charge on any atom is -0.481 e. The summed E-state index contributed by atoms with van der Waals surface area (Å²) in [5, 5.41) is 7.42. The van der Waals surface area contributed by atoms with E-state index in [2.05, 4.69) is 0 Å². The normalized spacial score (nSPS) is 13.4. The van der Waals surface area contributed by atoms with E-state index in [4.69, 9.17) is 21.4 Å². The van der Waals surface area contributed by atoms with E-state index in [9.17, 15) is 4.79 Å². The quantitative estimate of drug-likeness (QED) is 0.622. The lowest BCUT2D eigenvalue weighted by Gasteiger charge is -2.18. The van der Waals surface area contributed by atoms with Crippen LogP contribution in [0.2, 0.25) is 0 Å². The van der Waals surface area contributed by atoms with Crippen LogP contribution in [0.25, 0.3) is 0 Å². The van der Waals surface area contributed by atoms with Gasteiger partial charge < -0.3 is 16.6 Å². The molecule has 0 fully saturated rings. The van der Waals surface area contributed by atoms with Gasteiger partial charge in [0.15, 0.2) is 0 Å². The summed E-state index contributed by atoms with van der Waals surface area (Å²) < 4.78 is 0. The fourth-order valence-electron chi connectivity index (χ4n) is 0.385. The van der Waals surface area contributed by atoms with E-state index in [-0.39, 0.29) is 0 Å². The number of carboxylic acids is 1. The van der Waals surface area contributed by atoms with Crippen molar-refractivity contribution in [3.8, 4) is 0 Å².